The van der Waals surface area contributed by atoms with Crippen molar-refractivity contribution in [3.05, 3.63) is 107 Å². The van der Waals surface area contributed by atoms with Crippen LogP contribution < -0.4 is 5.32 Å². The standard InChI is InChI=1S/C23H20N2/c1-3-9-17(10-4-1)23(18-11-5-2-6-12-18)22-20(15-16-24-23)19-13-7-8-14-21(19)25-22/h1-14,24-25H,15-16H2. The summed E-state index contributed by atoms with van der Waals surface area (Å²) in [7, 11) is 0. The Morgan fingerprint density at radius 3 is 1.96 bits per heavy atom. The Morgan fingerprint density at radius 2 is 1.28 bits per heavy atom. The van der Waals surface area contributed by atoms with E-state index in [0.717, 1.165) is 13.0 Å². The first-order valence-corrected chi connectivity index (χ1v) is 8.86. The molecule has 2 heteroatoms. The number of fused-ring (bicyclic) bond motifs is 3. The van der Waals surface area contributed by atoms with Gasteiger partial charge in [-0.05, 0) is 29.2 Å². The third kappa shape index (κ3) is 2.08. The Hall–Kier alpha value is -2.84. The van der Waals surface area contributed by atoms with Crippen LogP contribution in [0.15, 0.2) is 84.9 Å². The van der Waals surface area contributed by atoms with Crippen LogP contribution in [0.3, 0.4) is 0 Å². The zero-order valence-electron chi connectivity index (χ0n) is 14.0. The Kier molecular flexibility index (Phi) is 3.25. The molecule has 1 aromatic heterocycles. The zero-order valence-corrected chi connectivity index (χ0v) is 14.0. The average molecular weight is 324 g/mol. The summed E-state index contributed by atoms with van der Waals surface area (Å²) < 4.78 is 0. The lowest BCUT2D eigenvalue weighted by Crippen LogP contribution is -2.49. The van der Waals surface area contributed by atoms with Gasteiger partial charge in [0.05, 0.1) is 0 Å². The number of aromatic nitrogens is 1. The molecule has 0 radical (unpaired) electrons. The Morgan fingerprint density at radius 1 is 0.680 bits per heavy atom. The minimum atomic E-state index is -0.338. The van der Waals surface area contributed by atoms with Crippen LogP contribution in [0.5, 0.6) is 0 Å². The molecule has 25 heavy (non-hydrogen) atoms. The molecule has 1 aliphatic rings. The number of hydrogen-bond donors (Lipinski definition) is 2. The first-order chi connectivity index (χ1) is 12.4. The average Bonchev–Trinajstić information content (AvgIpc) is 3.08. The second kappa shape index (κ2) is 5.61. The van der Waals surface area contributed by atoms with Gasteiger partial charge in [-0.3, -0.25) is 5.32 Å². The molecule has 0 spiro atoms. The predicted molar refractivity (Wildman–Crippen MR) is 103 cm³/mol. The number of H-pyrrole nitrogens is 1. The number of hydrogen-bond acceptors (Lipinski definition) is 1. The van der Waals surface area contributed by atoms with Crippen molar-refractivity contribution in [3.8, 4) is 0 Å². The lowest BCUT2D eigenvalue weighted by atomic mass is 9.76. The van der Waals surface area contributed by atoms with Gasteiger partial charge in [-0.15, -0.1) is 0 Å². The Balaban J connectivity index is 1.88. The van der Waals surface area contributed by atoms with E-state index in [2.05, 4.69) is 95.2 Å². The summed E-state index contributed by atoms with van der Waals surface area (Å²) in [5, 5.41) is 5.19. The highest BCUT2D eigenvalue weighted by molar-refractivity contribution is 5.86. The van der Waals surface area contributed by atoms with Gasteiger partial charge in [0.25, 0.3) is 0 Å². The quantitative estimate of drug-likeness (QED) is 0.554. The van der Waals surface area contributed by atoms with Crippen LogP contribution in [-0.2, 0) is 12.0 Å². The van der Waals surface area contributed by atoms with Crippen molar-refractivity contribution in [1.29, 1.82) is 0 Å². The van der Waals surface area contributed by atoms with Crippen LogP contribution in [0.2, 0.25) is 0 Å². The highest BCUT2D eigenvalue weighted by Gasteiger charge is 2.41. The van der Waals surface area contributed by atoms with Gasteiger partial charge in [-0.2, -0.15) is 0 Å². The van der Waals surface area contributed by atoms with Gasteiger partial charge in [0.1, 0.15) is 5.54 Å². The van der Waals surface area contributed by atoms with Gasteiger partial charge in [-0.1, -0.05) is 78.9 Å². The number of para-hydroxylation sites is 1. The summed E-state index contributed by atoms with van der Waals surface area (Å²) in [5.74, 6) is 0. The highest BCUT2D eigenvalue weighted by Crippen LogP contribution is 2.42. The van der Waals surface area contributed by atoms with E-state index in [9.17, 15) is 0 Å². The SMILES string of the molecule is c1ccc(C2(c3ccccc3)NCCc3c2[nH]c2ccccc32)cc1. The second-order valence-corrected chi connectivity index (χ2v) is 6.68. The molecule has 0 atom stereocenters. The maximum absolute atomic E-state index is 3.85. The normalized spacial score (nSPS) is 15.8. The molecular weight excluding hydrogens is 304 g/mol. The highest BCUT2D eigenvalue weighted by atomic mass is 15.0. The fourth-order valence-corrected chi connectivity index (χ4v) is 4.28. The van der Waals surface area contributed by atoms with E-state index < -0.39 is 0 Å². The van der Waals surface area contributed by atoms with Gasteiger partial charge in [-0.25, -0.2) is 0 Å². The van der Waals surface area contributed by atoms with Gasteiger partial charge in [0, 0.05) is 23.1 Å². The predicted octanol–water partition coefficient (Wildman–Crippen LogP) is 4.61. The lowest BCUT2D eigenvalue weighted by molar-refractivity contribution is 0.439. The summed E-state index contributed by atoms with van der Waals surface area (Å²) in [6, 6.07) is 30.2. The van der Waals surface area contributed by atoms with Gasteiger partial charge >= 0.3 is 0 Å². The number of benzene rings is 3. The second-order valence-electron chi connectivity index (χ2n) is 6.68. The first-order valence-electron chi connectivity index (χ1n) is 8.86. The van der Waals surface area contributed by atoms with Crippen molar-refractivity contribution in [3.63, 3.8) is 0 Å². The van der Waals surface area contributed by atoms with Crippen molar-refractivity contribution in [2.75, 3.05) is 6.54 Å². The molecule has 0 unspecified atom stereocenters. The molecule has 2 nitrogen and oxygen atoms in total. The van der Waals surface area contributed by atoms with Crippen molar-refractivity contribution in [1.82, 2.24) is 10.3 Å². The largest absolute Gasteiger partial charge is 0.356 e. The van der Waals surface area contributed by atoms with E-state index >= 15 is 0 Å². The maximum atomic E-state index is 3.85. The molecular formula is C23H20N2. The molecule has 0 amide bonds. The molecule has 0 fully saturated rings. The summed E-state index contributed by atoms with van der Waals surface area (Å²) >= 11 is 0. The molecule has 4 aromatic rings. The third-order valence-electron chi connectivity index (χ3n) is 5.37. The molecule has 122 valence electrons. The molecule has 2 N–H and O–H groups in total. The smallest absolute Gasteiger partial charge is 0.110 e. The zero-order chi connectivity index (χ0) is 16.7. The molecule has 0 saturated heterocycles. The minimum Gasteiger partial charge on any atom is -0.356 e. The van der Waals surface area contributed by atoms with Crippen molar-refractivity contribution in [2.24, 2.45) is 0 Å². The number of nitrogens with one attached hydrogen (secondary N) is 2. The fourth-order valence-electron chi connectivity index (χ4n) is 4.28. The van der Waals surface area contributed by atoms with Crippen LogP contribution in [0, 0.1) is 0 Å². The fraction of sp³-hybridized carbons (Fsp3) is 0.130. The molecule has 2 heterocycles. The van der Waals surface area contributed by atoms with Crippen molar-refractivity contribution < 1.29 is 0 Å². The molecule has 3 aromatic carbocycles. The first kappa shape index (κ1) is 14.5. The van der Waals surface area contributed by atoms with E-state index in [1.807, 2.05) is 0 Å². The Labute approximate surface area is 147 Å². The van der Waals surface area contributed by atoms with Crippen LogP contribution in [-0.4, -0.2) is 11.5 Å². The summed E-state index contributed by atoms with van der Waals surface area (Å²) in [5.41, 5.74) is 6.13. The van der Waals surface area contributed by atoms with E-state index in [4.69, 9.17) is 0 Å². The maximum Gasteiger partial charge on any atom is 0.110 e. The molecule has 0 bridgehead atoms. The number of aromatic amines is 1. The Bertz CT molecular complexity index is 976. The molecule has 1 aliphatic heterocycles. The van der Waals surface area contributed by atoms with Crippen LogP contribution in [0.25, 0.3) is 10.9 Å². The van der Waals surface area contributed by atoms with E-state index in [0.29, 0.717) is 0 Å². The summed E-state index contributed by atoms with van der Waals surface area (Å²) in [4.78, 5) is 3.74. The monoisotopic (exact) mass is 324 g/mol. The van der Waals surface area contributed by atoms with Crippen LogP contribution in [0.4, 0.5) is 0 Å². The van der Waals surface area contributed by atoms with E-state index in [-0.39, 0.29) is 5.54 Å². The lowest BCUT2D eigenvalue weighted by Gasteiger charge is -2.39. The third-order valence-corrected chi connectivity index (χ3v) is 5.37. The van der Waals surface area contributed by atoms with E-state index in [1.165, 1.54) is 33.3 Å². The topological polar surface area (TPSA) is 27.8 Å². The van der Waals surface area contributed by atoms with E-state index in [1.54, 1.807) is 0 Å². The molecule has 0 aliphatic carbocycles. The summed E-state index contributed by atoms with van der Waals surface area (Å²) in [6.07, 6.45) is 1.04. The minimum absolute atomic E-state index is 0.338. The van der Waals surface area contributed by atoms with Crippen LogP contribution >= 0.6 is 0 Å². The van der Waals surface area contributed by atoms with Gasteiger partial charge < -0.3 is 4.98 Å². The van der Waals surface area contributed by atoms with Crippen molar-refractivity contribution >= 4 is 10.9 Å². The van der Waals surface area contributed by atoms with Crippen molar-refractivity contribution in [2.45, 2.75) is 12.0 Å². The van der Waals surface area contributed by atoms with Gasteiger partial charge in [0.15, 0.2) is 0 Å². The van der Waals surface area contributed by atoms with Gasteiger partial charge in [0.2, 0.25) is 0 Å². The molecule has 0 saturated carbocycles. The number of rotatable bonds is 2. The molecule has 5 rings (SSSR count). The summed E-state index contributed by atoms with van der Waals surface area (Å²) in [6.45, 7) is 0.957. The van der Waals surface area contributed by atoms with Crippen LogP contribution in [0.1, 0.15) is 22.4 Å².